The number of amides is 4. The van der Waals surface area contributed by atoms with Gasteiger partial charge in [0.05, 0.1) is 11.9 Å². The molecule has 2 N–H and O–H groups in total. The third kappa shape index (κ3) is 3.58. The fourth-order valence-electron chi connectivity index (χ4n) is 5.67. The number of carbonyl (C=O) groups excluding carboxylic acids is 4. The predicted molar refractivity (Wildman–Crippen MR) is 114 cm³/mol. The number of aromatic nitrogens is 3. The van der Waals surface area contributed by atoms with E-state index in [1.165, 1.54) is 15.8 Å². The van der Waals surface area contributed by atoms with Crippen molar-refractivity contribution in [3.63, 3.8) is 0 Å². The minimum absolute atomic E-state index is 0.0127. The van der Waals surface area contributed by atoms with Gasteiger partial charge in [0.25, 0.3) is 17.7 Å². The van der Waals surface area contributed by atoms with E-state index in [-0.39, 0.29) is 49.2 Å². The molecule has 2 aromatic rings. The van der Waals surface area contributed by atoms with Crippen molar-refractivity contribution in [1.29, 1.82) is 0 Å². The molecule has 4 aliphatic rings. The number of hydrogen-bond donors (Lipinski definition) is 2. The Labute approximate surface area is 198 Å². The molecule has 2 aliphatic carbocycles. The van der Waals surface area contributed by atoms with E-state index in [0.29, 0.717) is 29.7 Å². The first-order valence-corrected chi connectivity index (χ1v) is 11.6. The van der Waals surface area contributed by atoms with Crippen molar-refractivity contribution in [2.24, 2.45) is 11.8 Å². The highest BCUT2D eigenvalue weighted by molar-refractivity contribution is 6.05. The average Bonchev–Trinajstić information content (AvgIpc) is 3.15. The van der Waals surface area contributed by atoms with Crippen molar-refractivity contribution in [2.45, 2.75) is 56.7 Å². The molecule has 1 aromatic heterocycles. The Hall–Kier alpha value is -3.70. The molecule has 182 valence electrons. The zero-order chi connectivity index (χ0) is 24.5. The summed E-state index contributed by atoms with van der Waals surface area (Å²) in [4.78, 5) is 50.5. The third-order valence-electron chi connectivity index (χ3n) is 7.50. The SMILES string of the molecule is O=C1CCC(N2Cc3cc(-n4cc(C(=O)NC5C6CCCC(F)(F)C65)nn4)ccc3C2=O)C(=O)N1. The van der Waals surface area contributed by atoms with Crippen molar-refractivity contribution in [1.82, 2.24) is 30.5 Å². The Kier molecular flexibility index (Phi) is 4.77. The normalized spacial score (nSPS) is 28.9. The van der Waals surface area contributed by atoms with E-state index in [1.54, 1.807) is 18.2 Å². The maximum absolute atomic E-state index is 14.0. The van der Waals surface area contributed by atoms with Gasteiger partial charge in [0.15, 0.2) is 5.69 Å². The Balaban J connectivity index is 1.16. The Bertz CT molecular complexity index is 1280. The summed E-state index contributed by atoms with van der Waals surface area (Å²) in [5, 5.41) is 12.8. The molecule has 35 heavy (non-hydrogen) atoms. The van der Waals surface area contributed by atoms with Gasteiger partial charge in [-0.15, -0.1) is 5.10 Å². The summed E-state index contributed by atoms with van der Waals surface area (Å²) < 4.78 is 29.5. The summed E-state index contributed by atoms with van der Waals surface area (Å²) in [6.07, 6.45) is 2.85. The maximum Gasteiger partial charge on any atom is 0.273 e. The lowest BCUT2D eigenvalue weighted by atomic mass is 9.97. The largest absolute Gasteiger partial charge is 0.347 e. The van der Waals surface area contributed by atoms with E-state index in [2.05, 4.69) is 20.9 Å². The van der Waals surface area contributed by atoms with Gasteiger partial charge < -0.3 is 10.2 Å². The van der Waals surface area contributed by atoms with E-state index in [0.717, 1.165) is 0 Å². The number of rotatable bonds is 4. The molecule has 2 saturated carbocycles. The lowest BCUT2D eigenvalue weighted by molar-refractivity contribution is -0.136. The highest BCUT2D eigenvalue weighted by Crippen LogP contribution is 2.57. The van der Waals surface area contributed by atoms with Crippen LogP contribution >= 0.6 is 0 Å². The van der Waals surface area contributed by atoms with Gasteiger partial charge in [-0.25, -0.2) is 13.5 Å². The zero-order valence-electron chi connectivity index (χ0n) is 18.5. The maximum atomic E-state index is 14.0. The van der Waals surface area contributed by atoms with E-state index >= 15 is 0 Å². The summed E-state index contributed by atoms with van der Waals surface area (Å²) in [7, 11) is 0. The number of nitrogens with zero attached hydrogens (tertiary/aromatic N) is 4. The van der Waals surface area contributed by atoms with Crippen LogP contribution in [-0.4, -0.2) is 61.5 Å². The molecule has 0 bridgehead atoms. The fourth-order valence-corrected chi connectivity index (χ4v) is 5.67. The molecule has 3 heterocycles. The average molecular weight is 484 g/mol. The zero-order valence-corrected chi connectivity index (χ0v) is 18.5. The number of fused-ring (bicyclic) bond motifs is 2. The molecule has 1 aromatic carbocycles. The molecule has 4 unspecified atom stereocenters. The van der Waals surface area contributed by atoms with Crippen LogP contribution in [0.2, 0.25) is 0 Å². The van der Waals surface area contributed by atoms with Crippen LogP contribution in [0.1, 0.15) is 58.5 Å². The molecule has 2 aliphatic heterocycles. The van der Waals surface area contributed by atoms with Gasteiger partial charge in [-0.3, -0.25) is 24.5 Å². The van der Waals surface area contributed by atoms with Crippen LogP contribution in [0, 0.1) is 11.8 Å². The number of imide groups is 1. The van der Waals surface area contributed by atoms with Crippen LogP contribution in [0.3, 0.4) is 0 Å². The Morgan fingerprint density at radius 2 is 2.03 bits per heavy atom. The lowest BCUT2D eigenvalue weighted by Crippen LogP contribution is -2.52. The van der Waals surface area contributed by atoms with Gasteiger partial charge in [0, 0.05) is 36.9 Å². The van der Waals surface area contributed by atoms with Gasteiger partial charge in [-0.2, -0.15) is 0 Å². The minimum atomic E-state index is -2.75. The summed E-state index contributed by atoms with van der Waals surface area (Å²) in [5.74, 6) is -5.42. The van der Waals surface area contributed by atoms with E-state index in [1.807, 2.05) is 0 Å². The topological polar surface area (TPSA) is 126 Å². The molecular weight excluding hydrogens is 462 g/mol. The molecule has 4 amide bonds. The first kappa shape index (κ1) is 21.8. The second-order valence-electron chi connectivity index (χ2n) is 9.63. The Morgan fingerprint density at radius 1 is 1.20 bits per heavy atom. The molecule has 12 heteroatoms. The molecule has 1 saturated heterocycles. The summed E-state index contributed by atoms with van der Waals surface area (Å²) in [6.45, 7) is 0.203. The van der Waals surface area contributed by atoms with Crippen LogP contribution in [0.25, 0.3) is 5.69 Å². The second kappa shape index (κ2) is 7.65. The lowest BCUT2D eigenvalue weighted by Gasteiger charge is -2.29. The van der Waals surface area contributed by atoms with Crippen LogP contribution < -0.4 is 10.6 Å². The van der Waals surface area contributed by atoms with Crippen LogP contribution in [0.15, 0.2) is 24.4 Å². The number of nitrogens with one attached hydrogen (secondary N) is 2. The first-order chi connectivity index (χ1) is 16.7. The standard InChI is InChI=1S/C23H22F2N6O4/c24-23(25)7-1-2-14-18(23)19(14)27-20(33)15-10-31(29-28-15)12-3-4-13-11(8-12)9-30(22(13)35)16-5-6-17(32)26-21(16)34/h3-4,8,10,14,16,18-19H,1-2,5-7,9H2,(H,27,33)(H,26,32,34). The number of carbonyl (C=O) groups is 4. The molecule has 0 spiro atoms. The van der Waals surface area contributed by atoms with E-state index < -0.39 is 35.7 Å². The summed E-state index contributed by atoms with van der Waals surface area (Å²) in [5.41, 5.74) is 1.70. The monoisotopic (exact) mass is 484 g/mol. The number of alkyl halides is 2. The smallest absolute Gasteiger partial charge is 0.273 e. The number of benzene rings is 1. The van der Waals surface area contributed by atoms with E-state index in [9.17, 15) is 28.0 Å². The summed E-state index contributed by atoms with van der Waals surface area (Å²) in [6, 6.07) is 3.74. The van der Waals surface area contributed by atoms with Crippen molar-refractivity contribution in [2.75, 3.05) is 0 Å². The quantitative estimate of drug-likeness (QED) is 0.628. The van der Waals surface area contributed by atoms with Gasteiger partial charge in [-0.1, -0.05) is 5.21 Å². The number of piperidine rings is 1. The van der Waals surface area contributed by atoms with Crippen LogP contribution in [0.4, 0.5) is 8.78 Å². The fraction of sp³-hybridized carbons (Fsp3) is 0.478. The number of halogens is 2. The van der Waals surface area contributed by atoms with Gasteiger partial charge in [-0.05, 0) is 48.9 Å². The molecule has 3 fully saturated rings. The number of hydrogen-bond acceptors (Lipinski definition) is 6. The molecule has 4 atom stereocenters. The van der Waals surface area contributed by atoms with Crippen molar-refractivity contribution in [3.8, 4) is 5.69 Å². The second-order valence-corrected chi connectivity index (χ2v) is 9.63. The molecule has 6 rings (SSSR count). The molecular formula is C23H22F2N6O4. The minimum Gasteiger partial charge on any atom is -0.347 e. The van der Waals surface area contributed by atoms with Crippen molar-refractivity contribution in [3.05, 3.63) is 41.2 Å². The molecule has 0 radical (unpaired) electrons. The molecule has 10 nitrogen and oxygen atoms in total. The van der Waals surface area contributed by atoms with Crippen LogP contribution in [-0.2, 0) is 16.1 Å². The highest BCUT2D eigenvalue weighted by atomic mass is 19.3. The van der Waals surface area contributed by atoms with Crippen molar-refractivity contribution >= 4 is 23.6 Å². The highest BCUT2D eigenvalue weighted by Gasteiger charge is 2.65. The van der Waals surface area contributed by atoms with E-state index in [4.69, 9.17) is 0 Å². The summed E-state index contributed by atoms with van der Waals surface area (Å²) >= 11 is 0. The van der Waals surface area contributed by atoms with Gasteiger partial charge in [0.2, 0.25) is 11.8 Å². The van der Waals surface area contributed by atoms with Gasteiger partial charge >= 0.3 is 0 Å². The van der Waals surface area contributed by atoms with Gasteiger partial charge in [0.1, 0.15) is 6.04 Å². The third-order valence-corrected chi connectivity index (χ3v) is 7.50. The predicted octanol–water partition coefficient (Wildman–Crippen LogP) is 1.19. The first-order valence-electron chi connectivity index (χ1n) is 11.6. The Morgan fingerprint density at radius 3 is 2.80 bits per heavy atom. The van der Waals surface area contributed by atoms with Crippen molar-refractivity contribution < 1.29 is 28.0 Å². The van der Waals surface area contributed by atoms with Crippen LogP contribution in [0.5, 0.6) is 0 Å².